The highest BCUT2D eigenvalue weighted by atomic mass is 127. The fraction of sp³-hybridized carbons (Fsp3) is 0.176. The average molecular weight is 410 g/mol. The predicted octanol–water partition coefficient (Wildman–Crippen LogP) is 4.08. The van der Waals surface area contributed by atoms with Crippen LogP contribution in [0.25, 0.3) is 0 Å². The molecular weight excluding hydrogens is 395 g/mol. The molecule has 0 aliphatic heterocycles. The van der Waals surface area contributed by atoms with Crippen molar-refractivity contribution in [1.82, 2.24) is 0 Å². The minimum atomic E-state index is -0.459. The first-order valence-corrected chi connectivity index (χ1v) is 7.83. The highest BCUT2D eigenvalue weighted by molar-refractivity contribution is 14.1. The van der Waals surface area contributed by atoms with Gasteiger partial charge in [-0.05, 0) is 66.8 Å². The van der Waals surface area contributed by atoms with Gasteiger partial charge < -0.3 is 9.47 Å². The van der Waals surface area contributed by atoms with Crippen LogP contribution in [0.5, 0.6) is 5.75 Å². The van der Waals surface area contributed by atoms with Crippen LogP contribution in [0.2, 0.25) is 0 Å². The molecule has 22 heavy (non-hydrogen) atoms. The lowest BCUT2D eigenvalue weighted by atomic mass is 10.2. The highest BCUT2D eigenvalue weighted by Crippen LogP contribution is 2.18. The van der Waals surface area contributed by atoms with Crippen molar-refractivity contribution in [3.63, 3.8) is 0 Å². The fourth-order valence-electron chi connectivity index (χ4n) is 1.76. The number of carbonyl (C=O) groups excluding carboxylic acids is 2. The summed E-state index contributed by atoms with van der Waals surface area (Å²) in [6.45, 7) is 3.55. The zero-order chi connectivity index (χ0) is 16.1. The molecule has 5 heteroatoms. The molecule has 0 atom stereocenters. The molecule has 0 amide bonds. The van der Waals surface area contributed by atoms with Gasteiger partial charge in [-0.3, -0.25) is 0 Å². The standard InChI is InChI=1S/C17H15IO4/c1-11(2)21-16(19)12-6-5-7-13(10-12)22-17(20)14-8-3-4-9-15(14)18/h3-11H,1-2H3. The Morgan fingerprint density at radius 3 is 2.41 bits per heavy atom. The highest BCUT2D eigenvalue weighted by Gasteiger charge is 2.14. The van der Waals surface area contributed by atoms with E-state index in [1.807, 2.05) is 12.1 Å². The third-order valence-electron chi connectivity index (χ3n) is 2.72. The molecule has 0 saturated heterocycles. The summed E-state index contributed by atoms with van der Waals surface area (Å²) < 4.78 is 11.3. The topological polar surface area (TPSA) is 52.6 Å². The summed E-state index contributed by atoms with van der Waals surface area (Å²) >= 11 is 2.07. The Balaban J connectivity index is 2.15. The van der Waals surface area contributed by atoms with E-state index < -0.39 is 11.9 Å². The van der Waals surface area contributed by atoms with Crippen LogP contribution in [0.3, 0.4) is 0 Å². The van der Waals surface area contributed by atoms with Crippen LogP contribution in [0.4, 0.5) is 0 Å². The number of ether oxygens (including phenoxy) is 2. The zero-order valence-corrected chi connectivity index (χ0v) is 14.4. The van der Waals surface area contributed by atoms with E-state index in [1.54, 1.807) is 44.2 Å². The Kier molecular flexibility index (Phi) is 5.54. The van der Waals surface area contributed by atoms with E-state index in [0.717, 1.165) is 3.57 Å². The molecule has 2 rings (SSSR count). The van der Waals surface area contributed by atoms with E-state index in [4.69, 9.17) is 9.47 Å². The Bertz CT molecular complexity index is 695. The molecule has 2 aromatic carbocycles. The van der Waals surface area contributed by atoms with Crippen molar-refractivity contribution in [2.24, 2.45) is 0 Å². The number of rotatable bonds is 4. The van der Waals surface area contributed by atoms with E-state index in [-0.39, 0.29) is 6.10 Å². The number of esters is 2. The van der Waals surface area contributed by atoms with E-state index in [1.165, 1.54) is 6.07 Å². The minimum absolute atomic E-state index is 0.204. The van der Waals surface area contributed by atoms with Crippen LogP contribution in [0.15, 0.2) is 48.5 Å². The molecule has 0 N–H and O–H groups in total. The van der Waals surface area contributed by atoms with Gasteiger partial charge in [-0.2, -0.15) is 0 Å². The second-order valence-electron chi connectivity index (χ2n) is 4.85. The maximum absolute atomic E-state index is 12.2. The van der Waals surface area contributed by atoms with Gasteiger partial charge in [-0.15, -0.1) is 0 Å². The lowest BCUT2D eigenvalue weighted by Gasteiger charge is -2.09. The fourth-order valence-corrected chi connectivity index (χ4v) is 2.37. The van der Waals surface area contributed by atoms with E-state index in [0.29, 0.717) is 16.9 Å². The van der Waals surface area contributed by atoms with E-state index in [2.05, 4.69) is 22.6 Å². The number of halogens is 1. The van der Waals surface area contributed by atoms with Gasteiger partial charge in [0.15, 0.2) is 0 Å². The summed E-state index contributed by atoms with van der Waals surface area (Å²) in [5.74, 6) is -0.593. The number of hydrogen-bond acceptors (Lipinski definition) is 4. The van der Waals surface area contributed by atoms with Gasteiger partial charge in [-0.1, -0.05) is 18.2 Å². The van der Waals surface area contributed by atoms with Gasteiger partial charge in [-0.25, -0.2) is 9.59 Å². The van der Waals surface area contributed by atoms with Crippen LogP contribution in [0.1, 0.15) is 34.6 Å². The summed E-state index contributed by atoms with van der Waals surface area (Å²) in [4.78, 5) is 24.0. The first-order valence-electron chi connectivity index (χ1n) is 6.75. The van der Waals surface area contributed by atoms with Crippen molar-refractivity contribution < 1.29 is 19.1 Å². The first kappa shape index (κ1) is 16.5. The lowest BCUT2D eigenvalue weighted by Crippen LogP contribution is -2.13. The number of hydrogen-bond donors (Lipinski definition) is 0. The summed E-state index contributed by atoms with van der Waals surface area (Å²) in [6.07, 6.45) is -0.204. The van der Waals surface area contributed by atoms with Gasteiger partial charge >= 0.3 is 11.9 Å². The van der Waals surface area contributed by atoms with Gasteiger partial charge in [0.05, 0.1) is 17.2 Å². The molecule has 4 nitrogen and oxygen atoms in total. The first-order chi connectivity index (χ1) is 10.5. The van der Waals surface area contributed by atoms with Crippen LogP contribution in [-0.2, 0) is 4.74 Å². The van der Waals surface area contributed by atoms with Crippen molar-refractivity contribution in [3.8, 4) is 5.75 Å². The average Bonchev–Trinajstić information content (AvgIpc) is 2.47. The minimum Gasteiger partial charge on any atom is -0.459 e. The van der Waals surface area contributed by atoms with Crippen LogP contribution < -0.4 is 4.74 Å². The Labute approximate surface area is 142 Å². The second kappa shape index (κ2) is 7.40. The largest absolute Gasteiger partial charge is 0.459 e. The molecule has 114 valence electrons. The zero-order valence-electron chi connectivity index (χ0n) is 12.2. The van der Waals surface area contributed by atoms with Crippen LogP contribution >= 0.6 is 22.6 Å². The van der Waals surface area contributed by atoms with E-state index >= 15 is 0 Å². The monoisotopic (exact) mass is 410 g/mol. The molecule has 0 heterocycles. The summed E-state index contributed by atoms with van der Waals surface area (Å²) in [6, 6.07) is 13.5. The molecule has 0 aromatic heterocycles. The van der Waals surface area contributed by atoms with Crippen molar-refractivity contribution >= 4 is 34.5 Å². The number of carbonyl (C=O) groups is 2. The quantitative estimate of drug-likeness (QED) is 0.433. The molecule has 0 spiro atoms. The Hall–Kier alpha value is -1.89. The molecule has 0 unspecified atom stereocenters. The van der Waals surface area contributed by atoms with Crippen LogP contribution in [-0.4, -0.2) is 18.0 Å². The van der Waals surface area contributed by atoms with Crippen molar-refractivity contribution in [2.75, 3.05) is 0 Å². The molecule has 0 saturated carbocycles. The van der Waals surface area contributed by atoms with Gasteiger partial charge in [0, 0.05) is 3.57 Å². The van der Waals surface area contributed by atoms with Gasteiger partial charge in [0.25, 0.3) is 0 Å². The molecule has 0 bridgehead atoms. The maximum Gasteiger partial charge on any atom is 0.344 e. The number of benzene rings is 2. The summed E-state index contributed by atoms with van der Waals surface area (Å²) in [5, 5.41) is 0. The Morgan fingerprint density at radius 1 is 1.00 bits per heavy atom. The molecule has 0 aliphatic rings. The maximum atomic E-state index is 12.2. The normalized spacial score (nSPS) is 10.4. The van der Waals surface area contributed by atoms with E-state index in [9.17, 15) is 9.59 Å². The lowest BCUT2D eigenvalue weighted by molar-refractivity contribution is 0.0376. The van der Waals surface area contributed by atoms with Crippen molar-refractivity contribution in [1.29, 1.82) is 0 Å². The summed E-state index contributed by atoms with van der Waals surface area (Å²) in [5.41, 5.74) is 0.833. The van der Waals surface area contributed by atoms with Crippen LogP contribution in [0, 0.1) is 3.57 Å². The van der Waals surface area contributed by atoms with Crippen molar-refractivity contribution in [2.45, 2.75) is 20.0 Å². The van der Waals surface area contributed by atoms with Gasteiger partial charge in [0.2, 0.25) is 0 Å². The Morgan fingerprint density at radius 2 is 1.73 bits per heavy atom. The predicted molar refractivity (Wildman–Crippen MR) is 91.1 cm³/mol. The smallest absolute Gasteiger partial charge is 0.344 e. The second-order valence-corrected chi connectivity index (χ2v) is 6.01. The molecule has 0 aliphatic carbocycles. The van der Waals surface area contributed by atoms with Crippen molar-refractivity contribution in [3.05, 3.63) is 63.2 Å². The van der Waals surface area contributed by atoms with Gasteiger partial charge in [0.1, 0.15) is 5.75 Å². The molecule has 2 aromatic rings. The third-order valence-corrected chi connectivity index (χ3v) is 3.66. The third kappa shape index (κ3) is 4.30. The molecular formula is C17H15IO4. The molecule has 0 fully saturated rings. The summed E-state index contributed by atoms with van der Waals surface area (Å²) in [7, 11) is 0. The SMILES string of the molecule is CC(C)OC(=O)c1cccc(OC(=O)c2ccccc2I)c1. The molecule has 0 radical (unpaired) electrons.